The molecule has 0 aromatic heterocycles. The maximum atomic E-state index is 13.1. The first-order valence-electron chi connectivity index (χ1n) is 7.82. The highest BCUT2D eigenvalue weighted by atomic mass is 19.1. The summed E-state index contributed by atoms with van der Waals surface area (Å²) >= 11 is 0. The lowest BCUT2D eigenvalue weighted by atomic mass is 9.94. The van der Waals surface area contributed by atoms with Crippen LogP contribution in [-0.2, 0) is 0 Å². The molecule has 0 fully saturated rings. The molecule has 24 heavy (non-hydrogen) atoms. The van der Waals surface area contributed by atoms with E-state index in [0.717, 1.165) is 16.7 Å². The summed E-state index contributed by atoms with van der Waals surface area (Å²) < 4.78 is 13.1. The van der Waals surface area contributed by atoms with Gasteiger partial charge in [-0.3, -0.25) is 4.79 Å². The van der Waals surface area contributed by atoms with Gasteiger partial charge in [-0.1, -0.05) is 54.6 Å². The maximum absolute atomic E-state index is 13.1. The van der Waals surface area contributed by atoms with Gasteiger partial charge in [0.05, 0.1) is 6.04 Å². The van der Waals surface area contributed by atoms with Crippen molar-refractivity contribution in [2.24, 2.45) is 0 Å². The van der Waals surface area contributed by atoms with Crippen molar-refractivity contribution >= 4 is 5.91 Å². The van der Waals surface area contributed by atoms with Crippen LogP contribution in [0.4, 0.5) is 4.39 Å². The van der Waals surface area contributed by atoms with Crippen LogP contribution in [0.1, 0.15) is 33.1 Å². The number of hydrogen-bond acceptors (Lipinski definition) is 1. The van der Waals surface area contributed by atoms with E-state index in [1.807, 2.05) is 61.5 Å². The van der Waals surface area contributed by atoms with Crippen molar-refractivity contribution in [3.8, 4) is 0 Å². The van der Waals surface area contributed by atoms with Crippen LogP contribution in [0, 0.1) is 12.7 Å². The van der Waals surface area contributed by atoms with Crippen molar-refractivity contribution in [3.05, 3.63) is 107 Å². The van der Waals surface area contributed by atoms with Gasteiger partial charge in [0, 0.05) is 5.56 Å². The minimum absolute atomic E-state index is 0.230. The average Bonchev–Trinajstić information content (AvgIpc) is 2.61. The number of benzene rings is 3. The minimum Gasteiger partial charge on any atom is -0.341 e. The Bertz CT molecular complexity index is 828. The molecule has 0 heterocycles. The first kappa shape index (κ1) is 15.9. The number of carbonyl (C=O) groups is 1. The van der Waals surface area contributed by atoms with Gasteiger partial charge in [0.25, 0.3) is 5.91 Å². The number of nitrogens with one attached hydrogen (secondary N) is 1. The Morgan fingerprint density at radius 3 is 2.17 bits per heavy atom. The molecule has 3 rings (SSSR count). The van der Waals surface area contributed by atoms with Gasteiger partial charge in [0.1, 0.15) is 5.82 Å². The van der Waals surface area contributed by atoms with Crippen LogP contribution in [0.2, 0.25) is 0 Å². The highest BCUT2D eigenvalue weighted by Gasteiger charge is 2.19. The summed E-state index contributed by atoms with van der Waals surface area (Å²) in [5.74, 6) is -0.586. The highest BCUT2D eigenvalue weighted by Crippen LogP contribution is 2.25. The lowest BCUT2D eigenvalue weighted by Gasteiger charge is -2.21. The fourth-order valence-electron chi connectivity index (χ4n) is 2.71. The molecule has 0 saturated heterocycles. The quantitative estimate of drug-likeness (QED) is 0.745. The Kier molecular flexibility index (Phi) is 4.71. The second-order valence-corrected chi connectivity index (χ2v) is 5.68. The fraction of sp³-hybridized carbons (Fsp3) is 0.0952. The number of halogens is 1. The van der Waals surface area contributed by atoms with E-state index >= 15 is 0 Å². The Morgan fingerprint density at radius 1 is 0.875 bits per heavy atom. The molecule has 0 aliphatic rings. The van der Waals surface area contributed by atoms with Gasteiger partial charge in [-0.05, 0) is 47.9 Å². The van der Waals surface area contributed by atoms with Crippen LogP contribution in [0.3, 0.4) is 0 Å². The van der Waals surface area contributed by atoms with Gasteiger partial charge in [0.15, 0.2) is 0 Å². The summed E-state index contributed by atoms with van der Waals surface area (Å²) in [6, 6.07) is 23.1. The monoisotopic (exact) mass is 319 g/mol. The van der Waals surface area contributed by atoms with Crippen molar-refractivity contribution in [3.63, 3.8) is 0 Å². The van der Waals surface area contributed by atoms with Crippen LogP contribution >= 0.6 is 0 Å². The highest BCUT2D eigenvalue weighted by molar-refractivity contribution is 5.94. The third-order valence-corrected chi connectivity index (χ3v) is 4.01. The zero-order valence-electron chi connectivity index (χ0n) is 13.4. The number of aryl methyl sites for hydroxylation is 1. The van der Waals surface area contributed by atoms with E-state index in [1.54, 1.807) is 0 Å². The molecule has 3 aromatic rings. The standard InChI is InChI=1S/C21H18FNO/c1-15-7-5-6-10-19(15)20(16-8-3-2-4-9-16)23-21(24)17-11-13-18(22)14-12-17/h2-14,20H,1H3,(H,23,24)/t20-/m1/s1. The molecule has 2 nitrogen and oxygen atoms in total. The summed E-state index contributed by atoms with van der Waals surface area (Å²) in [5.41, 5.74) is 3.58. The predicted molar refractivity (Wildman–Crippen MR) is 93.3 cm³/mol. The van der Waals surface area contributed by atoms with Crippen LogP contribution < -0.4 is 5.32 Å². The van der Waals surface area contributed by atoms with Gasteiger partial charge < -0.3 is 5.32 Å². The lowest BCUT2D eigenvalue weighted by molar-refractivity contribution is 0.0943. The summed E-state index contributed by atoms with van der Waals surface area (Å²) in [5, 5.41) is 3.06. The second kappa shape index (κ2) is 7.09. The molecule has 0 saturated carbocycles. The van der Waals surface area contributed by atoms with Gasteiger partial charge in [-0.2, -0.15) is 0 Å². The summed E-state index contributed by atoms with van der Waals surface area (Å²) in [7, 11) is 0. The molecule has 0 unspecified atom stereocenters. The van der Waals surface area contributed by atoms with E-state index < -0.39 is 0 Å². The Balaban J connectivity index is 1.95. The molecule has 0 bridgehead atoms. The summed E-state index contributed by atoms with van der Waals surface area (Å²) in [6.45, 7) is 2.02. The average molecular weight is 319 g/mol. The zero-order chi connectivity index (χ0) is 16.9. The van der Waals surface area contributed by atoms with Crippen LogP contribution in [-0.4, -0.2) is 5.91 Å². The zero-order valence-corrected chi connectivity index (χ0v) is 13.4. The molecule has 120 valence electrons. The molecule has 0 aliphatic carbocycles. The van der Waals surface area contributed by atoms with E-state index in [4.69, 9.17) is 0 Å². The second-order valence-electron chi connectivity index (χ2n) is 5.68. The van der Waals surface area contributed by atoms with Crippen LogP contribution in [0.25, 0.3) is 0 Å². The van der Waals surface area contributed by atoms with Gasteiger partial charge in [0.2, 0.25) is 0 Å². The third-order valence-electron chi connectivity index (χ3n) is 4.01. The number of rotatable bonds is 4. The van der Waals surface area contributed by atoms with E-state index in [2.05, 4.69) is 5.32 Å². The molecule has 1 atom stereocenters. The number of carbonyl (C=O) groups excluding carboxylic acids is 1. The van der Waals surface area contributed by atoms with Gasteiger partial charge in [-0.25, -0.2) is 4.39 Å². The molecule has 3 heteroatoms. The predicted octanol–water partition coefficient (Wildman–Crippen LogP) is 4.65. The molecule has 0 spiro atoms. The van der Waals surface area contributed by atoms with Crippen LogP contribution in [0.5, 0.6) is 0 Å². The SMILES string of the molecule is Cc1ccccc1[C@H](NC(=O)c1ccc(F)cc1)c1ccccc1. The third kappa shape index (κ3) is 3.51. The number of hydrogen-bond donors (Lipinski definition) is 1. The Hall–Kier alpha value is -2.94. The Labute approximate surface area is 141 Å². The van der Waals surface area contributed by atoms with Gasteiger partial charge in [-0.15, -0.1) is 0 Å². The first-order chi connectivity index (χ1) is 11.6. The summed E-state index contributed by atoms with van der Waals surface area (Å²) in [6.07, 6.45) is 0. The molecule has 1 amide bonds. The van der Waals surface area contributed by atoms with E-state index in [-0.39, 0.29) is 17.8 Å². The van der Waals surface area contributed by atoms with E-state index in [9.17, 15) is 9.18 Å². The molecule has 0 radical (unpaired) electrons. The van der Waals surface area contributed by atoms with Crippen molar-refractivity contribution in [1.82, 2.24) is 5.32 Å². The normalized spacial score (nSPS) is 11.8. The van der Waals surface area contributed by atoms with Crippen molar-refractivity contribution in [2.75, 3.05) is 0 Å². The van der Waals surface area contributed by atoms with E-state index in [0.29, 0.717) is 5.56 Å². The molecule has 3 aromatic carbocycles. The van der Waals surface area contributed by atoms with Gasteiger partial charge >= 0.3 is 0 Å². The molecular formula is C21H18FNO. The molecular weight excluding hydrogens is 301 g/mol. The summed E-state index contributed by atoms with van der Waals surface area (Å²) in [4.78, 5) is 12.6. The topological polar surface area (TPSA) is 29.1 Å². The van der Waals surface area contributed by atoms with Crippen molar-refractivity contribution < 1.29 is 9.18 Å². The lowest BCUT2D eigenvalue weighted by Crippen LogP contribution is -2.29. The maximum Gasteiger partial charge on any atom is 0.252 e. The smallest absolute Gasteiger partial charge is 0.252 e. The van der Waals surface area contributed by atoms with Crippen LogP contribution in [0.15, 0.2) is 78.9 Å². The fourth-order valence-corrected chi connectivity index (χ4v) is 2.71. The molecule has 1 N–H and O–H groups in total. The number of amides is 1. The van der Waals surface area contributed by atoms with Crippen molar-refractivity contribution in [1.29, 1.82) is 0 Å². The largest absolute Gasteiger partial charge is 0.341 e. The van der Waals surface area contributed by atoms with E-state index in [1.165, 1.54) is 24.3 Å². The molecule has 0 aliphatic heterocycles. The van der Waals surface area contributed by atoms with Crippen molar-refractivity contribution in [2.45, 2.75) is 13.0 Å². The first-order valence-corrected chi connectivity index (χ1v) is 7.82. The minimum atomic E-state index is -0.356. The Morgan fingerprint density at radius 2 is 1.50 bits per heavy atom.